The van der Waals surface area contributed by atoms with Crippen LogP contribution in [-0.4, -0.2) is 23.5 Å². The molecule has 1 aromatic carbocycles. The number of carbonyl (C=O) groups is 1. The molecule has 1 aromatic rings. The second-order valence-corrected chi connectivity index (χ2v) is 10.1. The number of hydrogen-bond donors (Lipinski definition) is 1. The van der Waals surface area contributed by atoms with Crippen LogP contribution in [0.15, 0.2) is 17.7 Å². The van der Waals surface area contributed by atoms with Crippen molar-refractivity contribution >= 4 is 17.7 Å². The van der Waals surface area contributed by atoms with Crippen molar-refractivity contribution in [3.63, 3.8) is 0 Å². The Kier molecular flexibility index (Phi) is 6.60. The Hall–Kier alpha value is -2.28. The first-order chi connectivity index (χ1) is 14.1. The van der Waals surface area contributed by atoms with Gasteiger partial charge >= 0.3 is 0 Å². The Morgan fingerprint density at radius 2 is 1.93 bits per heavy atom. The summed E-state index contributed by atoms with van der Waals surface area (Å²) in [6.45, 7) is 13.5. The van der Waals surface area contributed by atoms with Crippen molar-refractivity contribution in [2.24, 2.45) is 0 Å². The Morgan fingerprint density at radius 1 is 1.27 bits per heavy atom. The summed E-state index contributed by atoms with van der Waals surface area (Å²) in [7, 11) is 0. The van der Waals surface area contributed by atoms with Crippen LogP contribution in [0, 0.1) is 18.3 Å². The first-order valence-corrected chi connectivity index (χ1v) is 11.5. The summed E-state index contributed by atoms with van der Waals surface area (Å²) in [5.41, 5.74) is 4.97. The highest BCUT2D eigenvalue weighted by atomic mass is 16.1. The van der Waals surface area contributed by atoms with Gasteiger partial charge in [0.2, 0.25) is 0 Å². The van der Waals surface area contributed by atoms with Crippen LogP contribution in [-0.2, 0) is 4.79 Å². The van der Waals surface area contributed by atoms with Gasteiger partial charge in [0.25, 0.3) is 5.91 Å². The minimum absolute atomic E-state index is 0.0993. The summed E-state index contributed by atoms with van der Waals surface area (Å²) < 4.78 is 0. The average Bonchev–Trinajstić information content (AvgIpc) is 2.66. The third-order valence-corrected chi connectivity index (χ3v) is 6.79. The number of aryl methyl sites for hydroxylation is 1. The summed E-state index contributed by atoms with van der Waals surface area (Å²) in [6.07, 6.45) is 8.44. The molecule has 4 nitrogen and oxygen atoms in total. The van der Waals surface area contributed by atoms with E-state index in [4.69, 9.17) is 0 Å². The molecule has 0 bridgehead atoms. The van der Waals surface area contributed by atoms with E-state index in [-0.39, 0.29) is 23.1 Å². The third-order valence-electron chi connectivity index (χ3n) is 6.79. The SMILES string of the molecule is Cc1cc2c(cc1/C=C(/C#N)C(=O)NC1CCCCC1)[C@@H](C)CC(C)(C)N2C(C)C. The van der Waals surface area contributed by atoms with E-state index < -0.39 is 0 Å². The monoisotopic (exact) mass is 407 g/mol. The van der Waals surface area contributed by atoms with Crippen LogP contribution in [0.25, 0.3) is 6.08 Å². The normalized spacial score (nSPS) is 21.9. The molecule has 1 heterocycles. The minimum Gasteiger partial charge on any atom is -0.364 e. The molecule has 0 unspecified atom stereocenters. The van der Waals surface area contributed by atoms with Gasteiger partial charge in [0.05, 0.1) is 0 Å². The molecule has 0 radical (unpaired) electrons. The van der Waals surface area contributed by atoms with Crippen LogP contribution in [0.2, 0.25) is 0 Å². The van der Waals surface area contributed by atoms with Crippen molar-refractivity contribution < 1.29 is 4.79 Å². The Labute approximate surface area is 182 Å². The topological polar surface area (TPSA) is 56.1 Å². The van der Waals surface area contributed by atoms with Gasteiger partial charge in [-0.3, -0.25) is 4.79 Å². The maximum absolute atomic E-state index is 12.7. The van der Waals surface area contributed by atoms with Crippen molar-refractivity contribution in [1.82, 2.24) is 5.32 Å². The molecule has 4 heteroatoms. The first kappa shape index (κ1) is 22.4. The summed E-state index contributed by atoms with van der Waals surface area (Å²) in [5, 5.41) is 12.7. The van der Waals surface area contributed by atoms with Crippen molar-refractivity contribution in [3.8, 4) is 6.07 Å². The molecule has 30 heavy (non-hydrogen) atoms. The van der Waals surface area contributed by atoms with Crippen molar-refractivity contribution in [2.75, 3.05) is 4.90 Å². The zero-order valence-electron chi connectivity index (χ0n) is 19.5. The number of anilines is 1. The number of nitrogens with zero attached hydrogens (tertiary/aromatic N) is 2. The fraction of sp³-hybridized carbons (Fsp3) is 0.615. The number of fused-ring (bicyclic) bond motifs is 1. The zero-order valence-corrected chi connectivity index (χ0v) is 19.5. The molecule has 2 aliphatic rings. The van der Waals surface area contributed by atoms with Crippen LogP contribution in [0.4, 0.5) is 5.69 Å². The predicted octanol–water partition coefficient (Wildman–Crippen LogP) is 5.85. The van der Waals surface area contributed by atoms with Gasteiger partial charge in [-0.25, -0.2) is 0 Å². The quantitative estimate of drug-likeness (QED) is 0.503. The summed E-state index contributed by atoms with van der Waals surface area (Å²) in [4.78, 5) is 15.2. The van der Waals surface area contributed by atoms with Crippen LogP contribution in [0.3, 0.4) is 0 Å². The molecule has 0 spiro atoms. The van der Waals surface area contributed by atoms with Gasteiger partial charge in [0.15, 0.2) is 0 Å². The highest BCUT2D eigenvalue weighted by molar-refractivity contribution is 6.02. The zero-order chi connectivity index (χ0) is 22.1. The number of carbonyl (C=O) groups excluding carboxylic acids is 1. The van der Waals surface area contributed by atoms with E-state index in [1.165, 1.54) is 17.7 Å². The largest absolute Gasteiger partial charge is 0.364 e. The maximum atomic E-state index is 12.7. The van der Waals surface area contributed by atoms with Gasteiger partial charge in [0, 0.05) is 23.3 Å². The number of amides is 1. The van der Waals surface area contributed by atoms with Gasteiger partial charge in [-0.1, -0.05) is 26.2 Å². The molecular formula is C26H37N3O. The van der Waals surface area contributed by atoms with Crippen LogP contribution >= 0.6 is 0 Å². The van der Waals surface area contributed by atoms with Gasteiger partial charge in [-0.15, -0.1) is 0 Å². The highest BCUT2D eigenvalue weighted by Crippen LogP contribution is 2.45. The Morgan fingerprint density at radius 3 is 2.53 bits per heavy atom. The van der Waals surface area contributed by atoms with E-state index in [1.54, 1.807) is 6.08 Å². The molecule has 1 fully saturated rings. The lowest BCUT2D eigenvalue weighted by molar-refractivity contribution is -0.117. The summed E-state index contributed by atoms with van der Waals surface area (Å²) in [5.74, 6) is 0.193. The number of benzene rings is 1. The van der Waals surface area contributed by atoms with Gasteiger partial charge < -0.3 is 10.2 Å². The average molecular weight is 408 g/mol. The number of nitriles is 1. The molecule has 1 atom stereocenters. The fourth-order valence-electron chi connectivity index (χ4n) is 5.56. The number of nitrogens with one attached hydrogen (secondary N) is 1. The van der Waals surface area contributed by atoms with Gasteiger partial charge in [-0.05, 0) is 94.7 Å². The molecule has 1 saturated carbocycles. The molecule has 1 aliphatic heterocycles. The van der Waals surface area contributed by atoms with Gasteiger partial charge in [0.1, 0.15) is 11.6 Å². The Balaban J connectivity index is 1.94. The van der Waals surface area contributed by atoms with Crippen LogP contribution in [0.5, 0.6) is 0 Å². The van der Waals surface area contributed by atoms with Crippen molar-refractivity contribution in [3.05, 3.63) is 34.4 Å². The minimum atomic E-state index is -0.237. The van der Waals surface area contributed by atoms with E-state index in [0.29, 0.717) is 12.0 Å². The van der Waals surface area contributed by atoms with E-state index in [2.05, 4.69) is 70.0 Å². The number of rotatable bonds is 4. The number of hydrogen-bond acceptors (Lipinski definition) is 3. The highest BCUT2D eigenvalue weighted by Gasteiger charge is 2.37. The second kappa shape index (κ2) is 8.84. The standard InChI is InChI=1S/C26H37N3O/c1-17(2)29-24-12-18(3)20(14-23(24)19(4)15-26(29,5)6)13-21(16-27)25(30)28-22-10-8-7-9-11-22/h12-14,17,19,22H,7-11,15H2,1-6H3,(H,28,30)/b21-13-/t19-/m0/s1. The lowest BCUT2D eigenvalue weighted by atomic mass is 9.78. The van der Waals surface area contributed by atoms with E-state index >= 15 is 0 Å². The van der Waals surface area contributed by atoms with E-state index in [9.17, 15) is 10.1 Å². The smallest absolute Gasteiger partial charge is 0.262 e. The molecule has 0 aromatic heterocycles. The fourth-order valence-corrected chi connectivity index (χ4v) is 5.56. The first-order valence-electron chi connectivity index (χ1n) is 11.5. The Bertz CT molecular complexity index is 869. The van der Waals surface area contributed by atoms with E-state index in [1.807, 2.05) is 0 Å². The maximum Gasteiger partial charge on any atom is 0.262 e. The third kappa shape index (κ3) is 4.56. The van der Waals surface area contributed by atoms with Crippen LogP contribution in [0.1, 0.15) is 95.8 Å². The molecular weight excluding hydrogens is 370 g/mol. The molecule has 1 N–H and O–H groups in total. The second-order valence-electron chi connectivity index (χ2n) is 10.1. The molecule has 0 saturated heterocycles. The van der Waals surface area contributed by atoms with Crippen LogP contribution < -0.4 is 10.2 Å². The van der Waals surface area contributed by atoms with Crippen molar-refractivity contribution in [2.45, 2.75) is 104 Å². The van der Waals surface area contributed by atoms with Gasteiger partial charge in [-0.2, -0.15) is 5.26 Å². The molecule has 1 amide bonds. The molecule has 3 rings (SSSR count). The van der Waals surface area contributed by atoms with Crippen molar-refractivity contribution in [1.29, 1.82) is 5.26 Å². The molecule has 162 valence electrons. The molecule has 1 aliphatic carbocycles. The lowest BCUT2D eigenvalue weighted by Crippen LogP contribution is -2.51. The summed E-state index contributed by atoms with van der Waals surface area (Å²) >= 11 is 0. The lowest BCUT2D eigenvalue weighted by Gasteiger charge is -2.50. The summed E-state index contributed by atoms with van der Waals surface area (Å²) in [6, 6.07) is 7.19. The predicted molar refractivity (Wildman–Crippen MR) is 125 cm³/mol. The van der Waals surface area contributed by atoms with E-state index in [0.717, 1.165) is 43.2 Å².